The number of pyridine rings is 1. The molecule has 0 radical (unpaired) electrons. The topological polar surface area (TPSA) is 116 Å². The molecule has 0 atom stereocenters. The van der Waals surface area contributed by atoms with Crippen molar-refractivity contribution >= 4 is 21.1 Å². The van der Waals surface area contributed by atoms with Crippen LogP contribution in [0.15, 0.2) is 57.1 Å². The molecule has 0 bridgehead atoms. The fourth-order valence-corrected chi connectivity index (χ4v) is 4.35. The highest BCUT2D eigenvalue weighted by Gasteiger charge is 2.24. The Balaban J connectivity index is 1.93. The van der Waals surface area contributed by atoms with Crippen LogP contribution in [0.1, 0.15) is 19.0 Å². The van der Waals surface area contributed by atoms with Gasteiger partial charge in [-0.05, 0) is 36.8 Å². The average Bonchev–Trinajstić information content (AvgIpc) is 2.66. The number of hydrogen-bond donors (Lipinski definition) is 2. The SMILES string of the molecule is CCCN(CCc1ccccn1)S(=O)(=O)c1ccc2[nH]c(=O)c(=O)[nH]c2c1. The average molecular weight is 388 g/mol. The van der Waals surface area contributed by atoms with Gasteiger partial charge in [0.2, 0.25) is 10.0 Å². The van der Waals surface area contributed by atoms with Crippen molar-refractivity contribution in [3.63, 3.8) is 0 Å². The molecule has 0 aliphatic rings. The van der Waals surface area contributed by atoms with Crippen molar-refractivity contribution in [3.8, 4) is 0 Å². The van der Waals surface area contributed by atoms with Gasteiger partial charge in [0.1, 0.15) is 0 Å². The monoisotopic (exact) mass is 388 g/mol. The van der Waals surface area contributed by atoms with Gasteiger partial charge in [-0.3, -0.25) is 14.6 Å². The lowest BCUT2D eigenvalue weighted by Gasteiger charge is -2.21. The highest BCUT2D eigenvalue weighted by Crippen LogP contribution is 2.19. The van der Waals surface area contributed by atoms with Crippen LogP contribution in [0.5, 0.6) is 0 Å². The van der Waals surface area contributed by atoms with E-state index in [1.165, 1.54) is 22.5 Å². The molecule has 0 aliphatic carbocycles. The molecule has 2 N–H and O–H groups in total. The molecule has 3 aromatic rings. The number of hydrogen-bond acceptors (Lipinski definition) is 5. The summed E-state index contributed by atoms with van der Waals surface area (Å²) in [5.41, 5.74) is -0.149. The first-order valence-electron chi connectivity index (χ1n) is 8.58. The number of nitrogens with zero attached hydrogens (tertiary/aromatic N) is 2. The number of nitrogens with one attached hydrogen (secondary N) is 2. The fourth-order valence-electron chi connectivity index (χ4n) is 2.79. The Labute approximate surface area is 155 Å². The molecule has 0 amide bonds. The van der Waals surface area contributed by atoms with Gasteiger partial charge in [0, 0.05) is 31.4 Å². The van der Waals surface area contributed by atoms with Crippen LogP contribution >= 0.6 is 0 Å². The highest BCUT2D eigenvalue weighted by atomic mass is 32.2. The van der Waals surface area contributed by atoms with Crippen LogP contribution in [0.25, 0.3) is 11.0 Å². The van der Waals surface area contributed by atoms with Crippen molar-refractivity contribution in [1.29, 1.82) is 0 Å². The van der Waals surface area contributed by atoms with E-state index in [0.29, 0.717) is 31.4 Å². The molecule has 0 saturated heterocycles. The first-order valence-corrected chi connectivity index (χ1v) is 10.0. The summed E-state index contributed by atoms with van der Waals surface area (Å²) < 4.78 is 27.6. The largest absolute Gasteiger partial charge is 0.316 e. The van der Waals surface area contributed by atoms with E-state index in [0.717, 1.165) is 5.69 Å². The Morgan fingerprint density at radius 3 is 2.41 bits per heavy atom. The summed E-state index contributed by atoms with van der Waals surface area (Å²) in [7, 11) is -3.76. The summed E-state index contributed by atoms with van der Waals surface area (Å²) in [5, 5.41) is 0. The summed E-state index contributed by atoms with van der Waals surface area (Å²) in [6.45, 7) is 2.58. The zero-order valence-corrected chi connectivity index (χ0v) is 15.6. The Bertz CT molecular complexity index is 1150. The molecule has 8 nitrogen and oxygen atoms in total. The molecule has 142 valence electrons. The summed E-state index contributed by atoms with van der Waals surface area (Å²) >= 11 is 0. The normalized spacial score (nSPS) is 11.9. The van der Waals surface area contributed by atoms with Crippen LogP contribution in [0, 0.1) is 0 Å². The first-order chi connectivity index (χ1) is 12.9. The molecule has 2 aromatic heterocycles. The Kier molecular flexibility index (Phi) is 5.52. The number of fused-ring (bicyclic) bond motifs is 1. The van der Waals surface area contributed by atoms with E-state index in [9.17, 15) is 18.0 Å². The summed E-state index contributed by atoms with van der Waals surface area (Å²) in [6, 6.07) is 9.79. The molecule has 27 heavy (non-hydrogen) atoms. The predicted octanol–water partition coefficient (Wildman–Crippen LogP) is 1.25. The van der Waals surface area contributed by atoms with Crippen LogP contribution in [0.2, 0.25) is 0 Å². The summed E-state index contributed by atoms with van der Waals surface area (Å²) in [6.07, 6.45) is 2.84. The Hall–Kier alpha value is -2.78. The minimum atomic E-state index is -3.76. The smallest absolute Gasteiger partial charge is 0.314 e. The van der Waals surface area contributed by atoms with Gasteiger partial charge in [0.25, 0.3) is 0 Å². The Morgan fingerprint density at radius 1 is 1.00 bits per heavy atom. The molecule has 0 aliphatic heterocycles. The number of aromatic amines is 2. The molecule has 3 rings (SSSR count). The van der Waals surface area contributed by atoms with E-state index in [4.69, 9.17) is 0 Å². The highest BCUT2D eigenvalue weighted by molar-refractivity contribution is 7.89. The predicted molar refractivity (Wildman–Crippen MR) is 102 cm³/mol. The van der Waals surface area contributed by atoms with E-state index in [1.807, 2.05) is 25.1 Å². The molecule has 0 fully saturated rings. The van der Waals surface area contributed by atoms with Crippen molar-refractivity contribution in [2.75, 3.05) is 13.1 Å². The third kappa shape index (κ3) is 4.15. The van der Waals surface area contributed by atoms with E-state index in [-0.39, 0.29) is 10.4 Å². The third-order valence-corrected chi connectivity index (χ3v) is 6.04. The second-order valence-corrected chi connectivity index (χ2v) is 8.03. The lowest BCUT2D eigenvalue weighted by molar-refractivity contribution is 0.412. The fraction of sp³-hybridized carbons (Fsp3) is 0.278. The van der Waals surface area contributed by atoms with Crippen LogP contribution in [0.4, 0.5) is 0 Å². The number of sulfonamides is 1. The lowest BCUT2D eigenvalue weighted by atomic mass is 10.3. The second kappa shape index (κ2) is 7.85. The van der Waals surface area contributed by atoms with Gasteiger partial charge in [-0.25, -0.2) is 8.42 Å². The number of rotatable bonds is 7. The molecular weight excluding hydrogens is 368 g/mol. The molecular formula is C18H20N4O4S. The number of aromatic nitrogens is 3. The maximum absolute atomic E-state index is 13.1. The van der Waals surface area contributed by atoms with Gasteiger partial charge in [-0.2, -0.15) is 4.31 Å². The minimum absolute atomic E-state index is 0.0622. The second-order valence-electron chi connectivity index (χ2n) is 6.09. The van der Waals surface area contributed by atoms with Crippen molar-refractivity contribution < 1.29 is 8.42 Å². The summed E-state index contributed by atoms with van der Waals surface area (Å²) in [5.74, 6) is 0. The Morgan fingerprint density at radius 2 is 1.74 bits per heavy atom. The van der Waals surface area contributed by atoms with Gasteiger partial charge in [0.05, 0.1) is 15.9 Å². The van der Waals surface area contributed by atoms with Gasteiger partial charge >= 0.3 is 11.1 Å². The molecule has 1 aromatic carbocycles. The van der Waals surface area contributed by atoms with Gasteiger partial charge in [0.15, 0.2) is 0 Å². The van der Waals surface area contributed by atoms with Crippen LogP contribution in [0.3, 0.4) is 0 Å². The van der Waals surface area contributed by atoms with Gasteiger partial charge in [-0.1, -0.05) is 13.0 Å². The molecule has 0 unspecified atom stereocenters. The molecule has 0 saturated carbocycles. The number of benzene rings is 1. The molecule has 9 heteroatoms. The lowest BCUT2D eigenvalue weighted by Crippen LogP contribution is -2.34. The van der Waals surface area contributed by atoms with Crippen LogP contribution in [-0.2, 0) is 16.4 Å². The first kappa shape index (κ1) is 19.0. The molecule has 0 spiro atoms. The van der Waals surface area contributed by atoms with Crippen molar-refractivity contribution in [1.82, 2.24) is 19.3 Å². The third-order valence-electron chi connectivity index (χ3n) is 4.15. The maximum atomic E-state index is 13.1. The zero-order valence-electron chi connectivity index (χ0n) is 14.8. The van der Waals surface area contributed by atoms with Crippen molar-refractivity contribution in [2.45, 2.75) is 24.7 Å². The quantitative estimate of drug-likeness (QED) is 0.591. The van der Waals surface area contributed by atoms with E-state index >= 15 is 0 Å². The number of H-pyrrole nitrogens is 2. The van der Waals surface area contributed by atoms with E-state index < -0.39 is 21.1 Å². The maximum Gasteiger partial charge on any atom is 0.314 e. The van der Waals surface area contributed by atoms with Gasteiger partial charge in [-0.15, -0.1) is 0 Å². The summed E-state index contributed by atoms with van der Waals surface area (Å²) in [4.78, 5) is 32.0. The van der Waals surface area contributed by atoms with E-state index in [1.54, 1.807) is 6.20 Å². The van der Waals surface area contributed by atoms with Crippen LogP contribution in [-0.4, -0.2) is 40.8 Å². The standard InChI is InChI=1S/C18H20N4O4S/c1-2-10-22(11-8-13-5-3-4-9-19-13)27(25,26)14-6-7-15-16(12-14)21-18(24)17(23)20-15/h3-7,9,12H,2,8,10-11H2,1H3,(H,20,23)(H,21,24). The van der Waals surface area contributed by atoms with Crippen molar-refractivity contribution in [3.05, 3.63) is 69.0 Å². The van der Waals surface area contributed by atoms with E-state index in [2.05, 4.69) is 15.0 Å². The zero-order chi connectivity index (χ0) is 19.4. The van der Waals surface area contributed by atoms with Crippen LogP contribution < -0.4 is 11.1 Å². The minimum Gasteiger partial charge on any atom is -0.316 e. The van der Waals surface area contributed by atoms with Gasteiger partial charge < -0.3 is 9.97 Å². The molecule has 2 heterocycles. The van der Waals surface area contributed by atoms with Crippen molar-refractivity contribution in [2.24, 2.45) is 0 Å².